The number of amides is 2. The van der Waals surface area contributed by atoms with Crippen molar-refractivity contribution in [3.8, 4) is 11.5 Å². The van der Waals surface area contributed by atoms with Gasteiger partial charge in [-0.15, -0.1) is 11.3 Å². The Bertz CT molecular complexity index is 1360. The summed E-state index contributed by atoms with van der Waals surface area (Å²) in [5, 5.41) is 3.56. The van der Waals surface area contributed by atoms with Gasteiger partial charge in [0.1, 0.15) is 11.5 Å². The number of methoxy groups -OCH3 is 1. The van der Waals surface area contributed by atoms with Crippen molar-refractivity contribution in [1.29, 1.82) is 0 Å². The van der Waals surface area contributed by atoms with Gasteiger partial charge in [-0.05, 0) is 43.7 Å². The molecule has 178 valence electrons. The van der Waals surface area contributed by atoms with E-state index in [1.807, 2.05) is 38.1 Å². The molecule has 0 aliphatic rings. The number of carbonyl (C=O) groups excluding carboxylic acids is 2. The molecule has 0 radical (unpaired) electrons. The minimum atomic E-state index is -0.187. The van der Waals surface area contributed by atoms with Crippen LogP contribution in [0.3, 0.4) is 0 Å². The summed E-state index contributed by atoms with van der Waals surface area (Å²) in [7, 11) is 5.05. The van der Waals surface area contributed by atoms with Gasteiger partial charge in [0.25, 0.3) is 5.91 Å². The smallest absolute Gasteiger partial charge is 0.325 e. The van der Waals surface area contributed by atoms with Crippen molar-refractivity contribution in [2.24, 2.45) is 0 Å². The van der Waals surface area contributed by atoms with Gasteiger partial charge in [0.2, 0.25) is 0 Å². The van der Waals surface area contributed by atoms with Crippen molar-refractivity contribution in [2.75, 3.05) is 27.7 Å². The lowest BCUT2D eigenvalue weighted by molar-refractivity contribution is 0.0533. The summed E-state index contributed by atoms with van der Waals surface area (Å²) in [4.78, 5) is 31.9. The molecule has 0 fully saturated rings. The lowest BCUT2D eigenvalue weighted by Crippen LogP contribution is -2.34. The van der Waals surface area contributed by atoms with Crippen molar-refractivity contribution in [2.45, 2.75) is 26.4 Å². The maximum Gasteiger partial charge on any atom is 0.325 e. The number of nitrogens with zero attached hydrogens (tertiary/aromatic N) is 3. The molecular weight excluding hydrogens is 452 g/mol. The van der Waals surface area contributed by atoms with Crippen LogP contribution in [0.25, 0.3) is 21.1 Å². The highest BCUT2D eigenvalue weighted by Gasteiger charge is 2.20. The van der Waals surface area contributed by atoms with Crippen molar-refractivity contribution in [3.63, 3.8) is 0 Å². The van der Waals surface area contributed by atoms with Gasteiger partial charge >= 0.3 is 6.03 Å². The molecule has 0 bridgehead atoms. The zero-order valence-electron chi connectivity index (χ0n) is 19.9. The number of benzene rings is 1. The van der Waals surface area contributed by atoms with Crippen LogP contribution in [-0.4, -0.2) is 60.2 Å². The van der Waals surface area contributed by atoms with E-state index in [1.165, 1.54) is 11.3 Å². The Balaban J connectivity index is 1.62. The maximum absolute atomic E-state index is 13.0. The number of hydrogen-bond donors (Lipinski definition) is 1. The van der Waals surface area contributed by atoms with Crippen molar-refractivity contribution < 1.29 is 19.1 Å². The predicted molar refractivity (Wildman–Crippen MR) is 134 cm³/mol. The average molecular weight is 481 g/mol. The number of rotatable bonds is 7. The predicted octanol–water partition coefficient (Wildman–Crippen LogP) is 5.04. The number of fused-ring (bicyclic) bond motifs is 2. The molecule has 0 aliphatic heterocycles. The van der Waals surface area contributed by atoms with Crippen LogP contribution < -0.4 is 10.1 Å². The Hall–Kier alpha value is -3.43. The summed E-state index contributed by atoms with van der Waals surface area (Å²) in [5.41, 5.74) is 2.35. The molecule has 1 unspecified atom stereocenters. The monoisotopic (exact) mass is 480 g/mol. The van der Waals surface area contributed by atoms with Crippen molar-refractivity contribution in [3.05, 3.63) is 53.2 Å². The molecule has 8 nitrogen and oxygen atoms in total. The third-order valence-electron chi connectivity index (χ3n) is 5.80. The Labute approximate surface area is 202 Å². The number of aromatic nitrogens is 2. The highest BCUT2D eigenvalue weighted by Crippen LogP contribution is 2.36. The summed E-state index contributed by atoms with van der Waals surface area (Å²) in [6.45, 7) is 4.44. The van der Waals surface area contributed by atoms with Gasteiger partial charge in [-0.1, -0.05) is 6.92 Å². The van der Waals surface area contributed by atoms with Crippen LogP contribution in [0.1, 0.15) is 28.7 Å². The molecule has 0 saturated carbocycles. The number of pyridine rings is 1. The minimum Gasteiger partial charge on any atom is -0.456 e. The van der Waals surface area contributed by atoms with E-state index in [0.717, 1.165) is 27.7 Å². The highest BCUT2D eigenvalue weighted by molar-refractivity contribution is 7.21. The molecule has 34 heavy (non-hydrogen) atoms. The molecule has 1 N–H and O–H groups in total. The molecule has 3 aromatic heterocycles. The molecule has 1 atom stereocenters. The van der Waals surface area contributed by atoms with Crippen molar-refractivity contribution >= 4 is 44.4 Å². The Kier molecular flexibility index (Phi) is 6.85. The summed E-state index contributed by atoms with van der Waals surface area (Å²) >= 11 is 1.36. The largest absolute Gasteiger partial charge is 0.456 e. The van der Waals surface area contributed by atoms with E-state index < -0.39 is 0 Å². The molecule has 0 spiro atoms. The van der Waals surface area contributed by atoms with Gasteiger partial charge in [0.05, 0.1) is 26.7 Å². The van der Waals surface area contributed by atoms with E-state index in [-0.39, 0.29) is 18.0 Å². The number of thiophene rings is 1. The maximum atomic E-state index is 13.0. The molecule has 1 aromatic carbocycles. The van der Waals surface area contributed by atoms with Crippen LogP contribution in [0.5, 0.6) is 11.5 Å². The number of likely N-dealkylation sites (N-methyl/N-ethyl adjacent to an activating group) is 1. The van der Waals surface area contributed by atoms with Gasteiger partial charge in [-0.2, -0.15) is 0 Å². The number of nitrogens with one attached hydrogen (secondary N) is 1. The molecular formula is C25H28N4O4S. The van der Waals surface area contributed by atoms with E-state index in [4.69, 9.17) is 9.47 Å². The third kappa shape index (κ3) is 4.49. The summed E-state index contributed by atoms with van der Waals surface area (Å²) in [5.74, 6) is 1.19. The van der Waals surface area contributed by atoms with E-state index in [0.29, 0.717) is 28.4 Å². The lowest BCUT2D eigenvalue weighted by Gasteiger charge is -2.21. The van der Waals surface area contributed by atoms with Gasteiger partial charge in [-0.3, -0.25) is 14.3 Å². The standard InChI is InChI=1S/C25H28N4O4S/c1-6-17(32-5)14-28(4)24(30)22-13-19-23(34-22)21(9-10-27-19)33-18-7-8-20-16(12-18)11-15(2)29(20)25(31)26-3/h7-13,17H,6,14H2,1-5H3,(H,26,31). The summed E-state index contributed by atoms with van der Waals surface area (Å²) in [6.07, 6.45) is 2.50. The molecule has 0 saturated heterocycles. The van der Waals surface area contributed by atoms with Crippen LogP contribution in [0.4, 0.5) is 4.79 Å². The molecule has 4 aromatic rings. The number of ether oxygens (including phenoxy) is 2. The molecule has 3 heterocycles. The summed E-state index contributed by atoms with van der Waals surface area (Å²) < 4.78 is 14.0. The Morgan fingerprint density at radius 1 is 1.24 bits per heavy atom. The second-order valence-corrected chi connectivity index (χ2v) is 9.14. The quantitative estimate of drug-likeness (QED) is 0.401. The zero-order valence-corrected chi connectivity index (χ0v) is 20.7. The molecule has 4 rings (SSSR count). The van der Waals surface area contributed by atoms with Gasteiger partial charge in [-0.25, -0.2) is 4.79 Å². The fourth-order valence-electron chi connectivity index (χ4n) is 3.95. The lowest BCUT2D eigenvalue weighted by atomic mass is 10.2. The van der Waals surface area contributed by atoms with Crippen LogP contribution in [0, 0.1) is 6.92 Å². The van der Waals surface area contributed by atoms with E-state index in [2.05, 4.69) is 10.3 Å². The number of hydrogen-bond acceptors (Lipinski definition) is 6. The van der Waals surface area contributed by atoms with E-state index >= 15 is 0 Å². The fraction of sp³-hybridized carbons (Fsp3) is 0.320. The van der Waals surface area contributed by atoms with E-state index in [1.54, 1.807) is 49.0 Å². The summed E-state index contributed by atoms with van der Waals surface area (Å²) in [6, 6.07) is 10.9. The first-order valence-electron chi connectivity index (χ1n) is 11.0. The molecule has 2 amide bonds. The normalized spacial score (nSPS) is 12.1. The first-order chi connectivity index (χ1) is 16.4. The third-order valence-corrected chi connectivity index (χ3v) is 6.93. The van der Waals surface area contributed by atoms with Gasteiger partial charge in [0, 0.05) is 51.1 Å². The topological polar surface area (TPSA) is 85.7 Å². The van der Waals surface area contributed by atoms with E-state index in [9.17, 15) is 9.59 Å². The molecule has 0 aliphatic carbocycles. The average Bonchev–Trinajstić information content (AvgIpc) is 3.42. The first-order valence-corrected chi connectivity index (χ1v) is 11.9. The van der Waals surface area contributed by atoms with Crippen LogP contribution >= 0.6 is 11.3 Å². The second kappa shape index (κ2) is 9.82. The SMILES string of the molecule is CCC(CN(C)C(=O)c1cc2nccc(Oc3ccc4c(c3)cc(C)n4C(=O)NC)c2s1)OC. The Morgan fingerprint density at radius 3 is 2.74 bits per heavy atom. The van der Waals surface area contributed by atoms with Crippen LogP contribution in [-0.2, 0) is 4.74 Å². The van der Waals surface area contributed by atoms with Crippen LogP contribution in [0.2, 0.25) is 0 Å². The number of aryl methyl sites for hydroxylation is 1. The fourth-order valence-corrected chi connectivity index (χ4v) is 5.01. The van der Waals surface area contributed by atoms with Crippen LogP contribution in [0.15, 0.2) is 42.6 Å². The minimum absolute atomic E-state index is 0.00262. The zero-order chi connectivity index (χ0) is 24.4. The highest BCUT2D eigenvalue weighted by atomic mass is 32.1. The van der Waals surface area contributed by atoms with Gasteiger partial charge in [0.15, 0.2) is 0 Å². The molecule has 9 heteroatoms. The van der Waals surface area contributed by atoms with Gasteiger partial charge < -0.3 is 19.7 Å². The van der Waals surface area contributed by atoms with Crippen molar-refractivity contribution in [1.82, 2.24) is 19.8 Å². The second-order valence-electron chi connectivity index (χ2n) is 8.08. The first kappa shape index (κ1) is 23.7. The Morgan fingerprint density at radius 2 is 2.03 bits per heavy atom. The number of carbonyl (C=O) groups is 2.